The van der Waals surface area contributed by atoms with Crippen LogP contribution in [0, 0.1) is 5.92 Å². The lowest BCUT2D eigenvalue weighted by atomic mass is 9.89. The molecule has 0 aromatic heterocycles. The molecule has 1 saturated carbocycles. The molecule has 106 valence electrons. The normalized spacial score (nSPS) is 29.5. The molecule has 2 rings (SSSR count). The molecule has 1 saturated heterocycles. The average molecular weight is 256 g/mol. The van der Waals surface area contributed by atoms with Gasteiger partial charge in [0, 0.05) is 38.4 Å². The molecule has 4 heteroatoms. The molecule has 0 amide bonds. The van der Waals surface area contributed by atoms with Crippen LogP contribution in [0.5, 0.6) is 0 Å². The van der Waals surface area contributed by atoms with Gasteiger partial charge >= 0.3 is 0 Å². The molecule has 0 radical (unpaired) electrons. The predicted octanol–water partition coefficient (Wildman–Crippen LogP) is 1.24. The lowest BCUT2D eigenvalue weighted by Gasteiger charge is -2.40. The molecule has 2 fully saturated rings. The first-order valence-electron chi connectivity index (χ1n) is 7.34. The zero-order chi connectivity index (χ0) is 12.8. The lowest BCUT2D eigenvalue weighted by Crippen LogP contribution is -2.53. The van der Waals surface area contributed by atoms with Crippen molar-refractivity contribution in [2.75, 3.05) is 46.6 Å². The van der Waals surface area contributed by atoms with E-state index in [1.54, 1.807) is 0 Å². The fourth-order valence-corrected chi connectivity index (χ4v) is 2.71. The van der Waals surface area contributed by atoms with Gasteiger partial charge in [-0.25, -0.2) is 0 Å². The van der Waals surface area contributed by atoms with Crippen molar-refractivity contribution in [3.05, 3.63) is 0 Å². The molecule has 1 atom stereocenters. The SMILES string of the molecule is CN(CCOCC1CC1)C1(CN)CCCOCC1. The van der Waals surface area contributed by atoms with E-state index in [0.29, 0.717) is 0 Å². The number of ether oxygens (including phenoxy) is 2. The van der Waals surface area contributed by atoms with Gasteiger partial charge in [-0.05, 0) is 45.1 Å². The number of hydrogen-bond acceptors (Lipinski definition) is 4. The molecular weight excluding hydrogens is 228 g/mol. The molecule has 1 aliphatic carbocycles. The summed E-state index contributed by atoms with van der Waals surface area (Å²) in [4.78, 5) is 2.40. The van der Waals surface area contributed by atoms with E-state index in [1.165, 1.54) is 12.8 Å². The van der Waals surface area contributed by atoms with Gasteiger partial charge in [0.2, 0.25) is 0 Å². The second-order valence-corrected chi connectivity index (χ2v) is 5.83. The predicted molar refractivity (Wildman–Crippen MR) is 72.6 cm³/mol. The van der Waals surface area contributed by atoms with Gasteiger partial charge in [0.05, 0.1) is 6.61 Å². The highest BCUT2D eigenvalue weighted by Gasteiger charge is 2.33. The highest BCUT2D eigenvalue weighted by Crippen LogP contribution is 2.29. The van der Waals surface area contributed by atoms with Crippen LogP contribution < -0.4 is 5.73 Å². The Hall–Kier alpha value is -0.160. The monoisotopic (exact) mass is 256 g/mol. The summed E-state index contributed by atoms with van der Waals surface area (Å²) < 4.78 is 11.3. The van der Waals surface area contributed by atoms with Crippen LogP contribution in [0.3, 0.4) is 0 Å². The van der Waals surface area contributed by atoms with Crippen molar-refractivity contribution in [1.29, 1.82) is 0 Å². The van der Waals surface area contributed by atoms with Crippen LogP contribution in [0.15, 0.2) is 0 Å². The van der Waals surface area contributed by atoms with Gasteiger partial charge in [-0.15, -0.1) is 0 Å². The Morgan fingerprint density at radius 1 is 1.33 bits per heavy atom. The maximum Gasteiger partial charge on any atom is 0.0593 e. The molecule has 0 aromatic carbocycles. The van der Waals surface area contributed by atoms with Crippen LogP contribution >= 0.6 is 0 Å². The molecule has 4 nitrogen and oxygen atoms in total. The zero-order valence-corrected chi connectivity index (χ0v) is 11.7. The van der Waals surface area contributed by atoms with Crippen molar-refractivity contribution >= 4 is 0 Å². The van der Waals surface area contributed by atoms with E-state index in [-0.39, 0.29) is 5.54 Å². The van der Waals surface area contributed by atoms with E-state index in [9.17, 15) is 0 Å². The van der Waals surface area contributed by atoms with Gasteiger partial charge in [-0.3, -0.25) is 4.90 Å². The van der Waals surface area contributed by atoms with E-state index in [4.69, 9.17) is 15.2 Å². The number of nitrogens with zero attached hydrogens (tertiary/aromatic N) is 1. The van der Waals surface area contributed by atoms with Gasteiger partial charge in [0.1, 0.15) is 0 Å². The minimum atomic E-state index is 0.124. The number of likely N-dealkylation sites (N-methyl/N-ethyl adjacent to an activating group) is 1. The first-order valence-corrected chi connectivity index (χ1v) is 7.34. The summed E-state index contributed by atoms with van der Waals surface area (Å²) in [6.07, 6.45) is 6.02. The highest BCUT2D eigenvalue weighted by molar-refractivity contribution is 4.91. The number of hydrogen-bond donors (Lipinski definition) is 1. The zero-order valence-electron chi connectivity index (χ0n) is 11.7. The molecule has 18 heavy (non-hydrogen) atoms. The van der Waals surface area contributed by atoms with E-state index >= 15 is 0 Å². The fraction of sp³-hybridized carbons (Fsp3) is 1.00. The van der Waals surface area contributed by atoms with Gasteiger partial charge in [0.25, 0.3) is 0 Å². The molecule has 0 spiro atoms. The Morgan fingerprint density at radius 3 is 2.89 bits per heavy atom. The van der Waals surface area contributed by atoms with Gasteiger partial charge in [-0.2, -0.15) is 0 Å². The van der Waals surface area contributed by atoms with Crippen molar-refractivity contribution in [1.82, 2.24) is 4.90 Å². The van der Waals surface area contributed by atoms with Crippen molar-refractivity contribution < 1.29 is 9.47 Å². The first kappa shape index (κ1) is 14.3. The van der Waals surface area contributed by atoms with Crippen LogP contribution in [0.2, 0.25) is 0 Å². The molecule has 0 aromatic rings. The molecule has 1 unspecified atom stereocenters. The summed E-state index contributed by atoms with van der Waals surface area (Å²) in [5.41, 5.74) is 6.16. The van der Waals surface area contributed by atoms with Gasteiger partial charge in [0.15, 0.2) is 0 Å². The van der Waals surface area contributed by atoms with Crippen molar-refractivity contribution in [2.24, 2.45) is 11.7 Å². The van der Waals surface area contributed by atoms with Crippen LogP contribution in [-0.2, 0) is 9.47 Å². The van der Waals surface area contributed by atoms with E-state index in [1.807, 2.05) is 0 Å². The molecule has 0 bridgehead atoms. The summed E-state index contributed by atoms with van der Waals surface area (Å²) in [7, 11) is 2.18. The Kier molecular flexibility index (Phi) is 5.42. The Morgan fingerprint density at radius 2 is 2.17 bits per heavy atom. The van der Waals surface area contributed by atoms with Crippen LogP contribution in [0.25, 0.3) is 0 Å². The Bertz CT molecular complexity index is 236. The minimum absolute atomic E-state index is 0.124. The summed E-state index contributed by atoms with van der Waals surface area (Å²) >= 11 is 0. The summed E-state index contributed by atoms with van der Waals surface area (Å²) in [6, 6.07) is 0. The third-order valence-electron chi connectivity index (χ3n) is 4.45. The Balaban J connectivity index is 1.73. The van der Waals surface area contributed by atoms with E-state index < -0.39 is 0 Å². The number of nitrogens with two attached hydrogens (primary N) is 1. The molecule has 1 heterocycles. The van der Waals surface area contributed by atoms with Gasteiger partial charge < -0.3 is 15.2 Å². The average Bonchev–Trinajstić information content (AvgIpc) is 3.21. The smallest absolute Gasteiger partial charge is 0.0593 e. The molecule has 1 aliphatic heterocycles. The van der Waals surface area contributed by atoms with Gasteiger partial charge in [-0.1, -0.05) is 0 Å². The summed E-state index contributed by atoms with van der Waals surface area (Å²) in [6.45, 7) is 5.19. The molecule has 2 N–H and O–H groups in total. The molecule has 2 aliphatic rings. The summed E-state index contributed by atoms with van der Waals surface area (Å²) in [5, 5.41) is 0. The van der Waals surface area contributed by atoms with Crippen LogP contribution in [0.1, 0.15) is 32.1 Å². The van der Waals surface area contributed by atoms with Crippen molar-refractivity contribution in [3.8, 4) is 0 Å². The van der Waals surface area contributed by atoms with E-state index in [0.717, 1.165) is 64.7 Å². The standard InChI is InChI=1S/C14H28N2O2/c1-16(7-10-18-11-13-3-4-13)14(12-15)5-2-8-17-9-6-14/h13H,2-12,15H2,1H3. The Labute approximate surface area is 111 Å². The quantitative estimate of drug-likeness (QED) is 0.696. The van der Waals surface area contributed by atoms with Crippen molar-refractivity contribution in [2.45, 2.75) is 37.6 Å². The maximum absolute atomic E-state index is 6.03. The fourth-order valence-electron chi connectivity index (χ4n) is 2.71. The third kappa shape index (κ3) is 3.92. The second-order valence-electron chi connectivity index (χ2n) is 5.83. The lowest BCUT2D eigenvalue weighted by molar-refractivity contribution is 0.0465. The largest absolute Gasteiger partial charge is 0.381 e. The summed E-state index contributed by atoms with van der Waals surface area (Å²) in [5.74, 6) is 0.852. The number of rotatable bonds is 7. The topological polar surface area (TPSA) is 47.7 Å². The van der Waals surface area contributed by atoms with Crippen LogP contribution in [-0.4, -0.2) is 57.0 Å². The maximum atomic E-state index is 6.03. The first-order chi connectivity index (χ1) is 8.77. The third-order valence-corrected chi connectivity index (χ3v) is 4.45. The van der Waals surface area contributed by atoms with E-state index in [2.05, 4.69) is 11.9 Å². The molecular formula is C14H28N2O2. The van der Waals surface area contributed by atoms with Crippen molar-refractivity contribution in [3.63, 3.8) is 0 Å². The minimum Gasteiger partial charge on any atom is -0.381 e. The van der Waals surface area contributed by atoms with Crippen LogP contribution in [0.4, 0.5) is 0 Å². The second kappa shape index (κ2) is 6.85. The highest BCUT2D eigenvalue weighted by atomic mass is 16.5.